The van der Waals surface area contributed by atoms with Crippen molar-refractivity contribution in [2.45, 2.75) is 45.1 Å². The lowest BCUT2D eigenvalue weighted by molar-refractivity contribution is -0.0593. The van der Waals surface area contributed by atoms with E-state index in [0.29, 0.717) is 12.2 Å². The molecule has 1 atom stereocenters. The summed E-state index contributed by atoms with van der Waals surface area (Å²) in [4.78, 5) is 4.45. The molecule has 0 aromatic carbocycles. The van der Waals surface area contributed by atoms with Crippen LogP contribution in [0.5, 0.6) is 0 Å². The number of ether oxygens (including phenoxy) is 1. The molecule has 6 heteroatoms. The normalized spacial score (nSPS) is 19.9. The molecule has 2 aromatic heterocycles. The average molecular weight is 325 g/mol. The summed E-state index contributed by atoms with van der Waals surface area (Å²) >= 11 is 0. The highest BCUT2D eigenvalue weighted by Crippen LogP contribution is 2.39. The molecule has 1 aliphatic heterocycles. The molecule has 6 nitrogen and oxygen atoms in total. The van der Waals surface area contributed by atoms with Crippen molar-refractivity contribution in [3.05, 3.63) is 29.1 Å². The molecule has 1 fully saturated rings. The van der Waals surface area contributed by atoms with E-state index in [0.717, 1.165) is 35.4 Å². The lowest BCUT2D eigenvalue weighted by Crippen LogP contribution is -2.33. The van der Waals surface area contributed by atoms with E-state index in [9.17, 15) is 5.26 Å². The number of anilines is 1. The molecule has 0 bridgehead atoms. The Morgan fingerprint density at radius 1 is 1.46 bits per heavy atom. The largest absolute Gasteiger partial charge is 0.383 e. The van der Waals surface area contributed by atoms with Gasteiger partial charge in [0.05, 0.1) is 22.6 Å². The zero-order valence-electron chi connectivity index (χ0n) is 14.6. The topological polar surface area (TPSA) is 89.8 Å². The molecule has 24 heavy (non-hydrogen) atoms. The van der Waals surface area contributed by atoms with Crippen molar-refractivity contribution in [1.82, 2.24) is 14.8 Å². The smallest absolute Gasteiger partial charge is 0.142 e. The number of nitrogens with two attached hydrogens (primary N) is 1. The second-order valence-electron chi connectivity index (χ2n) is 7.07. The highest BCUT2D eigenvalue weighted by Gasteiger charge is 2.32. The second kappa shape index (κ2) is 5.91. The number of aryl methyl sites for hydroxylation is 2. The maximum absolute atomic E-state index is 9.56. The number of pyridine rings is 1. The predicted molar refractivity (Wildman–Crippen MR) is 92.3 cm³/mol. The van der Waals surface area contributed by atoms with Crippen LogP contribution in [0.1, 0.15) is 49.4 Å². The van der Waals surface area contributed by atoms with Crippen LogP contribution in [0.25, 0.3) is 11.3 Å². The minimum Gasteiger partial charge on any atom is -0.383 e. The van der Waals surface area contributed by atoms with E-state index in [4.69, 9.17) is 10.5 Å². The number of rotatable bonds is 2. The highest BCUT2D eigenvalue weighted by molar-refractivity contribution is 5.68. The molecular weight excluding hydrogens is 302 g/mol. The molecule has 0 unspecified atom stereocenters. The predicted octanol–water partition coefficient (Wildman–Crippen LogP) is 2.92. The Morgan fingerprint density at radius 2 is 2.21 bits per heavy atom. The first-order chi connectivity index (χ1) is 11.3. The Bertz CT molecular complexity index is 816. The second-order valence-corrected chi connectivity index (χ2v) is 7.07. The molecule has 0 amide bonds. The fourth-order valence-electron chi connectivity index (χ4n) is 3.52. The quantitative estimate of drug-likeness (QED) is 0.917. The highest BCUT2D eigenvalue weighted by atomic mass is 16.5. The van der Waals surface area contributed by atoms with Crippen molar-refractivity contribution in [2.75, 3.05) is 12.3 Å². The van der Waals surface area contributed by atoms with Gasteiger partial charge in [-0.3, -0.25) is 4.68 Å². The number of nitrogens with zero attached hydrogens (tertiary/aromatic N) is 4. The van der Waals surface area contributed by atoms with Crippen molar-refractivity contribution < 1.29 is 4.74 Å². The number of nitriles is 1. The maximum Gasteiger partial charge on any atom is 0.142 e. The molecule has 3 heterocycles. The zero-order valence-corrected chi connectivity index (χ0v) is 14.6. The maximum atomic E-state index is 9.56. The van der Waals surface area contributed by atoms with Gasteiger partial charge in [-0.05, 0) is 51.2 Å². The van der Waals surface area contributed by atoms with Crippen LogP contribution in [0.2, 0.25) is 0 Å². The summed E-state index contributed by atoms with van der Waals surface area (Å²) in [5.41, 5.74) is 9.99. The van der Waals surface area contributed by atoms with Gasteiger partial charge in [0, 0.05) is 25.4 Å². The molecule has 0 radical (unpaired) electrons. The zero-order chi connectivity index (χ0) is 17.5. The van der Waals surface area contributed by atoms with E-state index in [1.54, 1.807) is 4.68 Å². The van der Waals surface area contributed by atoms with Crippen LogP contribution >= 0.6 is 0 Å². The molecule has 2 aromatic rings. The number of aromatic nitrogens is 3. The van der Waals surface area contributed by atoms with Crippen molar-refractivity contribution >= 4 is 5.82 Å². The van der Waals surface area contributed by atoms with Crippen molar-refractivity contribution in [3.63, 3.8) is 0 Å². The first kappa shape index (κ1) is 16.5. The van der Waals surface area contributed by atoms with Gasteiger partial charge >= 0.3 is 0 Å². The minimum absolute atomic E-state index is 0.196. The van der Waals surface area contributed by atoms with Crippen LogP contribution in [-0.2, 0) is 11.8 Å². The van der Waals surface area contributed by atoms with Crippen molar-refractivity contribution in [3.8, 4) is 17.3 Å². The van der Waals surface area contributed by atoms with Crippen LogP contribution in [0.3, 0.4) is 0 Å². The molecule has 0 saturated carbocycles. The standard InChI is InChI=1S/C18H23N5O/c1-11-15(10-23(4)22-11)16-7-13(14(9-19)17(20)21-16)12-5-6-24-18(2,3)8-12/h7,10,12H,5-6,8H2,1-4H3,(H2,20,21)/t12-/m1/s1. The third-order valence-corrected chi connectivity index (χ3v) is 4.62. The molecule has 1 saturated heterocycles. The van der Waals surface area contributed by atoms with Gasteiger partial charge in [0.1, 0.15) is 11.9 Å². The Hall–Kier alpha value is -2.39. The van der Waals surface area contributed by atoms with Gasteiger partial charge < -0.3 is 10.5 Å². The molecule has 0 spiro atoms. The number of hydrogen-bond acceptors (Lipinski definition) is 5. The van der Waals surface area contributed by atoms with Gasteiger partial charge in [0.2, 0.25) is 0 Å². The summed E-state index contributed by atoms with van der Waals surface area (Å²) in [7, 11) is 1.88. The van der Waals surface area contributed by atoms with Crippen molar-refractivity contribution in [1.29, 1.82) is 5.26 Å². The molecular formula is C18H23N5O. The molecule has 126 valence electrons. The van der Waals surface area contributed by atoms with E-state index < -0.39 is 0 Å². The fourth-order valence-corrected chi connectivity index (χ4v) is 3.52. The summed E-state index contributed by atoms with van der Waals surface area (Å²) in [6, 6.07) is 4.24. The van der Waals surface area contributed by atoms with Gasteiger partial charge in [-0.15, -0.1) is 0 Å². The van der Waals surface area contributed by atoms with E-state index in [-0.39, 0.29) is 17.3 Å². The van der Waals surface area contributed by atoms with Gasteiger partial charge in [0.15, 0.2) is 0 Å². The Balaban J connectivity index is 2.11. The lowest BCUT2D eigenvalue weighted by atomic mass is 9.81. The Kier molecular flexibility index (Phi) is 4.06. The summed E-state index contributed by atoms with van der Waals surface area (Å²) < 4.78 is 7.58. The van der Waals surface area contributed by atoms with Crippen LogP contribution < -0.4 is 5.73 Å². The molecule has 1 aliphatic rings. The number of nitrogen functional groups attached to an aromatic ring is 1. The molecule has 2 N–H and O–H groups in total. The van der Waals surface area contributed by atoms with Gasteiger partial charge in [-0.1, -0.05) is 0 Å². The first-order valence-corrected chi connectivity index (χ1v) is 8.16. The summed E-state index contributed by atoms with van der Waals surface area (Å²) in [5.74, 6) is 0.530. The van der Waals surface area contributed by atoms with E-state index in [2.05, 4.69) is 30.0 Å². The van der Waals surface area contributed by atoms with Gasteiger partial charge in [0.25, 0.3) is 0 Å². The van der Waals surface area contributed by atoms with E-state index in [1.165, 1.54) is 0 Å². The summed E-state index contributed by atoms with van der Waals surface area (Å²) in [5, 5.41) is 13.9. The van der Waals surface area contributed by atoms with Gasteiger partial charge in [-0.2, -0.15) is 10.4 Å². The van der Waals surface area contributed by atoms with Crippen LogP contribution in [0.4, 0.5) is 5.82 Å². The Labute approximate surface area is 142 Å². The third-order valence-electron chi connectivity index (χ3n) is 4.62. The van der Waals surface area contributed by atoms with Crippen molar-refractivity contribution in [2.24, 2.45) is 7.05 Å². The molecule has 3 rings (SSSR count). The third kappa shape index (κ3) is 3.00. The van der Waals surface area contributed by atoms with E-state index >= 15 is 0 Å². The van der Waals surface area contributed by atoms with Crippen LogP contribution in [-0.4, -0.2) is 27.0 Å². The fraction of sp³-hybridized carbons (Fsp3) is 0.500. The minimum atomic E-state index is -0.196. The summed E-state index contributed by atoms with van der Waals surface area (Å²) in [6.07, 6.45) is 3.67. The van der Waals surface area contributed by atoms with Crippen LogP contribution in [0, 0.1) is 18.3 Å². The Morgan fingerprint density at radius 3 is 2.79 bits per heavy atom. The lowest BCUT2D eigenvalue weighted by Gasteiger charge is -2.36. The first-order valence-electron chi connectivity index (χ1n) is 8.16. The summed E-state index contributed by atoms with van der Waals surface area (Å²) in [6.45, 7) is 6.80. The van der Waals surface area contributed by atoms with Gasteiger partial charge in [-0.25, -0.2) is 4.98 Å². The number of hydrogen-bond donors (Lipinski definition) is 1. The monoisotopic (exact) mass is 325 g/mol. The van der Waals surface area contributed by atoms with E-state index in [1.807, 2.05) is 26.2 Å². The average Bonchev–Trinajstić information content (AvgIpc) is 2.84. The van der Waals surface area contributed by atoms with Crippen LogP contribution in [0.15, 0.2) is 12.3 Å². The SMILES string of the molecule is Cc1nn(C)cc1-c1cc([C@@H]2CCOC(C)(C)C2)c(C#N)c(N)n1. The molecule has 0 aliphatic carbocycles.